The molecule has 2 aromatic carbocycles. The Morgan fingerprint density at radius 1 is 1.10 bits per heavy atom. The Kier molecular flexibility index (Phi) is 5.95. The van der Waals surface area contributed by atoms with E-state index in [9.17, 15) is 9.59 Å². The molecule has 3 atom stereocenters. The number of ketones is 1. The van der Waals surface area contributed by atoms with Crippen LogP contribution in [0.4, 0.5) is 0 Å². The molecule has 0 radical (unpaired) electrons. The Hall–Kier alpha value is -2.60. The topological polar surface area (TPSA) is 61.8 Å². The first-order valence-corrected chi connectivity index (χ1v) is 10.8. The summed E-state index contributed by atoms with van der Waals surface area (Å²) in [5.74, 6) is 0.159. The molecule has 0 amide bonds. The van der Waals surface area contributed by atoms with Gasteiger partial charge in [0.2, 0.25) is 11.5 Å². The zero-order valence-corrected chi connectivity index (χ0v) is 18.5. The predicted octanol–water partition coefficient (Wildman–Crippen LogP) is 5.28. The van der Waals surface area contributed by atoms with E-state index in [4.69, 9.17) is 14.2 Å². The first-order chi connectivity index (χ1) is 14.4. The number of esters is 1. The summed E-state index contributed by atoms with van der Waals surface area (Å²) in [5, 5.41) is 0. The zero-order valence-electron chi connectivity index (χ0n) is 16.9. The van der Waals surface area contributed by atoms with E-state index < -0.39 is 0 Å². The van der Waals surface area contributed by atoms with Crippen LogP contribution in [0.3, 0.4) is 0 Å². The molecule has 3 unspecified atom stereocenters. The summed E-state index contributed by atoms with van der Waals surface area (Å²) in [5.41, 5.74) is 2.64. The lowest BCUT2D eigenvalue weighted by Gasteiger charge is -2.36. The van der Waals surface area contributed by atoms with Crippen LogP contribution in [0, 0.1) is 19.8 Å². The average Bonchev–Trinajstić information content (AvgIpc) is 2.69. The average molecular weight is 471 g/mol. The second kappa shape index (κ2) is 8.64. The summed E-state index contributed by atoms with van der Waals surface area (Å²) < 4.78 is 18.1. The number of Topliss-reactive ketones (excluding diaryl/α,β-unsaturated/α-hetero) is 1. The van der Waals surface area contributed by atoms with E-state index in [0.717, 1.165) is 15.6 Å². The van der Waals surface area contributed by atoms with Crippen molar-refractivity contribution in [2.75, 3.05) is 0 Å². The van der Waals surface area contributed by atoms with Crippen LogP contribution in [0.15, 0.2) is 59.0 Å². The summed E-state index contributed by atoms with van der Waals surface area (Å²) in [6, 6.07) is 12.9. The van der Waals surface area contributed by atoms with Crippen molar-refractivity contribution in [3.05, 3.63) is 75.6 Å². The molecule has 0 bridgehead atoms. The van der Waals surface area contributed by atoms with Gasteiger partial charge < -0.3 is 14.2 Å². The number of hydrogen-bond acceptors (Lipinski definition) is 5. The number of ether oxygens (including phenoxy) is 3. The fourth-order valence-corrected chi connectivity index (χ4v) is 4.47. The lowest BCUT2D eigenvalue weighted by molar-refractivity contribution is -0.132. The lowest BCUT2D eigenvalue weighted by atomic mass is 9.80. The van der Waals surface area contributed by atoms with Gasteiger partial charge in [0, 0.05) is 10.9 Å². The molecule has 2 aromatic rings. The number of aryl methyl sites for hydroxylation is 2. The fourth-order valence-electron chi connectivity index (χ4n) is 4.07. The maximum absolute atomic E-state index is 12.9. The normalized spacial score (nSPS) is 23.1. The van der Waals surface area contributed by atoms with E-state index >= 15 is 0 Å². The molecule has 1 aliphatic heterocycles. The van der Waals surface area contributed by atoms with Gasteiger partial charge in [0.05, 0.1) is 11.5 Å². The molecular formula is C24H23BrO5. The highest BCUT2D eigenvalue weighted by Crippen LogP contribution is 2.35. The fraction of sp³-hybridized carbons (Fsp3) is 0.333. The van der Waals surface area contributed by atoms with Crippen LogP contribution in [-0.4, -0.2) is 24.0 Å². The number of allylic oxidation sites excluding steroid dienone is 1. The van der Waals surface area contributed by atoms with Gasteiger partial charge in [-0.25, -0.2) is 4.79 Å². The van der Waals surface area contributed by atoms with Crippen LogP contribution in [0.1, 0.15) is 40.7 Å². The smallest absolute Gasteiger partial charge is 0.338 e. The largest absolute Gasteiger partial charge is 0.493 e. The molecule has 1 fully saturated rings. The maximum Gasteiger partial charge on any atom is 0.338 e. The number of benzene rings is 2. The highest BCUT2D eigenvalue weighted by atomic mass is 79.9. The number of carbonyl (C=O) groups excluding carboxylic acids is 2. The number of fused-ring (bicyclic) bond motifs is 1. The van der Waals surface area contributed by atoms with Crippen molar-refractivity contribution >= 4 is 27.7 Å². The van der Waals surface area contributed by atoms with Crippen LogP contribution in [0.2, 0.25) is 0 Å². The van der Waals surface area contributed by atoms with E-state index in [-0.39, 0.29) is 35.6 Å². The predicted molar refractivity (Wildman–Crippen MR) is 115 cm³/mol. The van der Waals surface area contributed by atoms with Gasteiger partial charge in [-0.05, 0) is 68.1 Å². The monoisotopic (exact) mass is 470 g/mol. The third-order valence-electron chi connectivity index (χ3n) is 5.43. The molecule has 1 saturated carbocycles. The Morgan fingerprint density at radius 2 is 1.87 bits per heavy atom. The number of carbonyl (C=O) groups is 2. The van der Waals surface area contributed by atoms with E-state index in [2.05, 4.69) is 15.9 Å². The second-order valence-corrected chi connectivity index (χ2v) is 8.82. The molecule has 0 N–H and O–H groups in total. The Balaban J connectivity index is 1.40. The molecule has 1 heterocycles. The Labute approximate surface area is 184 Å². The minimum atomic E-state index is -0.365. The van der Waals surface area contributed by atoms with E-state index in [1.807, 2.05) is 38.1 Å². The van der Waals surface area contributed by atoms with Crippen molar-refractivity contribution in [2.24, 2.45) is 5.92 Å². The zero-order chi connectivity index (χ0) is 21.3. The summed E-state index contributed by atoms with van der Waals surface area (Å²) in [6.45, 7) is 3.97. The third kappa shape index (κ3) is 4.59. The summed E-state index contributed by atoms with van der Waals surface area (Å²) >= 11 is 3.36. The molecule has 2 aliphatic rings. The van der Waals surface area contributed by atoms with Crippen LogP contribution in [0.5, 0.6) is 5.75 Å². The SMILES string of the molecule is Cc1cc(C)cc(OC2=COC3CC(OC(=O)c4cccc(Br)c4)CCC3C2=O)c1. The number of hydrogen-bond donors (Lipinski definition) is 0. The van der Waals surface area contributed by atoms with Crippen molar-refractivity contribution < 1.29 is 23.8 Å². The first-order valence-electron chi connectivity index (χ1n) is 10.0. The highest BCUT2D eigenvalue weighted by molar-refractivity contribution is 9.10. The van der Waals surface area contributed by atoms with E-state index in [1.165, 1.54) is 6.26 Å². The van der Waals surface area contributed by atoms with Crippen molar-refractivity contribution in [1.82, 2.24) is 0 Å². The van der Waals surface area contributed by atoms with E-state index in [1.54, 1.807) is 18.2 Å². The first kappa shape index (κ1) is 20.7. The van der Waals surface area contributed by atoms with Gasteiger partial charge in [0.15, 0.2) is 0 Å². The van der Waals surface area contributed by atoms with Gasteiger partial charge in [-0.3, -0.25) is 4.79 Å². The molecule has 30 heavy (non-hydrogen) atoms. The Morgan fingerprint density at radius 3 is 2.60 bits per heavy atom. The highest BCUT2D eigenvalue weighted by Gasteiger charge is 2.42. The third-order valence-corrected chi connectivity index (χ3v) is 5.92. The van der Waals surface area contributed by atoms with Gasteiger partial charge in [0.1, 0.15) is 24.2 Å². The summed E-state index contributed by atoms with van der Waals surface area (Å²) in [4.78, 5) is 25.4. The molecular weight excluding hydrogens is 448 g/mol. The number of rotatable bonds is 4. The van der Waals surface area contributed by atoms with Gasteiger partial charge in [-0.15, -0.1) is 0 Å². The minimum Gasteiger partial charge on any atom is -0.493 e. The molecule has 156 valence electrons. The molecule has 5 nitrogen and oxygen atoms in total. The molecule has 1 aliphatic carbocycles. The molecule has 4 rings (SSSR count). The standard InChI is InChI=1S/C24H23BrO5/c1-14-8-15(2)10-19(9-14)29-22-13-28-21-12-18(6-7-20(21)23(22)26)30-24(27)16-4-3-5-17(25)11-16/h3-5,8-11,13,18,20-21H,6-7,12H2,1-2H3. The van der Waals surface area contributed by atoms with Crippen molar-refractivity contribution in [3.8, 4) is 5.75 Å². The summed E-state index contributed by atoms with van der Waals surface area (Å²) in [7, 11) is 0. The van der Waals surface area contributed by atoms with Crippen molar-refractivity contribution in [2.45, 2.75) is 45.3 Å². The Bertz CT molecular complexity index is 992. The van der Waals surface area contributed by atoms with Gasteiger partial charge >= 0.3 is 5.97 Å². The molecule has 0 spiro atoms. The quantitative estimate of drug-likeness (QED) is 0.568. The van der Waals surface area contributed by atoms with Crippen LogP contribution in [-0.2, 0) is 14.3 Å². The second-order valence-electron chi connectivity index (χ2n) is 7.90. The molecule has 6 heteroatoms. The van der Waals surface area contributed by atoms with Crippen LogP contribution in [0.25, 0.3) is 0 Å². The lowest BCUT2D eigenvalue weighted by Crippen LogP contribution is -2.43. The van der Waals surface area contributed by atoms with Crippen molar-refractivity contribution in [3.63, 3.8) is 0 Å². The van der Waals surface area contributed by atoms with Crippen LogP contribution < -0.4 is 4.74 Å². The van der Waals surface area contributed by atoms with Crippen LogP contribution >= 0.6 is 15.9 Å². The maximum atomic E-state index is 12.9. The molecule has 0 aromatic heterocycles. The summed E-state index contributed by atoms with van der Waals surface area (Å²) in [6.07, 6.45) is 2.52. The molecule has 0 saturated heterocycles. The van der Waals surface area contributed by atoms with E-state index in [0.29, 0.717) is 30.6 Å². The van der Waals surface area contributed by atoms with Crippen molar-refractivity contribution in [1.29, 1.82) is 0 Å². The van der Waals surface area contributed by atoms with Gasteiger partial charge in [-0.1, -0.05) is 28.1 Å². The number of halogens is 1. The minimum absolute atomic E-state index is 0.0535. The van der Waals surface area contributed by atoms with Gasteiger partial charge in [0.25, 0.3) is 0 Å². The van der Waals surface area contributed by atoms with Gasteiger partial charge in [-0.2, -0.15) is 0 Å².